The van der Waals surface area contributed by atoms with Gasteiger partial charge in [0.2, 0.25) is 0 Å². The topological polar surface area (TPSA) is 123 Å². The molecule has 2 aromatic rings. The van der Waals surface area contributed by atoms with Crippen LogP contribution in [-0.2, 0) is 0 Å². The van der Waals surface area contributed by atoms with Crippen molar-refractivity contribution in [3.8, 4) is 5.82 Å². The maximum Gasteiger partial charge on any atom is 0.337 e. The number of nitrogens with one attached hydrogen (secondary N) is 1. The van der Waals surface area contributed by atoms with Gasteiger partial charge in [0, 0.05) is 13.2 Å². The Hall–Kier alpha value is -2.90. The van der Waals surface area contributed by atoms with Gasteiger partial charge in [0.15, 0.2) is 11.5 Å². The van der Waals surface area contributed by atoms with E-state index in [1.54, 1.807) is 0 Å². The van der Waals surface area contributed by atoms with Crippen LogP contribution < -0.4 is 11.1 Å². The van der Waals surface area contributed by atoms with Crippen molar-refractivity contribution >= 4 is 17.6 Å². The molecule has 0 saturated heterocycles. The molecule has 98 valence electrons. The van der Waals surface area contributed by atoms with Crippen molar-refractivity contribution in [1.82, 2.24) is 20.1 Å². The maximum absolute atomic E-state index is 11.4. The van der Waals surface area contributed by atoms with Crippen LogP contribution in [0.5, 0.6) is 0 Å². The van der Waals surface area contributed by atoms with Crippen LogP contribution in [0.2, 0.25) is 0 Å². The third kappa shape index (κ3) is 2.37. The number of rotatable bonds is 3. The molecule has 1 amide bonds. The summed E-state index contributed by atoms with van der Waals surface area (Å²) in [5.41, 5.74) is 5.71. The largest absolute Gasteiger partial charge is 0.478 e. The van der Waals surface area contributed by atoms with E-state index in [-0.39, 0.29) is 28.7 Å². The van der Waals surface area contributed by atoms with Crippen LogP contribution in [0, 0.1) is 0 Å². The number of aromatic nitrogens is 3. The Morgan fingerprint density at radius 2 is 2.21 bits per heavy atom. The Bertz CT molecular complexity index is 650. The van der Waals surface area contributed by atoms with Crippen LogP contribution in [0.15, 0.2) is 24.5 Å². The molecule has 4 N–H and O–H groups in total. The number of aromatic carboxylic acids is 1. The standard InChI is InChI=1S/C11H11N5O3/c1-13-10(17)8-2-3-16(15-8)9-4-6(11(18)19)7(12)5-14-9/h2-5H,12H2,1H3,(H,13,17)(H,18,19). The minimum absolute atomic E-state index is 0.0648. The summed E-state index contributed by atoms with van der Waals surface area (Å²) in [6, 6.07) is 2.79. The molecule has 0 aliphatic heterocycles. The van der Waals surface area contributed by atoms with Gasteiger partial charge in [-0.3, -0.25) is 4.79 Å². The fraction of sp³-hybridized carbons (Fsp3) is 0.0909. The smallest absolute Gasteiger partial charge is 0.337 e. The highest BCUT2D eigenvalue weighted by molar-refractivity contribution is 5.94. The summed E-state index contributed by atoms with van der Waals surface area (Å²) >= 11 is 0. The zero-order valence-corrected chi connectivity index (χ0v) is 9.99. The van der Waals surface area contributed by atoms with Gasteiger partial charge in [-0.1, -0.05) is 0 Å². The normalized spacial score (nSPS) is 10.2. The average Bonchev–Trinajstić information content (AvgIpc) is 2.87. The number of nitrogen functional groups attached to an aromatic ring is 1. The van der Waals surface area contributed by atoms with Crippen LogP contribution in [0.4, 0.5) is 5.69 Å². The minimum Gasteiger partial charge on any atom is -0.478 e. The van der Waals surface area contributed by atoms with Crippen molar-refractivity contribution in [2.75, 3.05) is 12.8 Å². The molecule has 0 aliphatic carbocycles. The molecule has 0 radical (unpaired) electrons. The lowest BCUT2D eigenvalue weighted by Crippen LogP contribution is -2.18. The van der Waals surface area contributed by atoms with Crippen molar-refractivity contribution in [3.63, 3.8) is 0 Å². The molecule has 2 rings (SSSR count). The third-order valence-electron chi connectivity index (χ3n) is 2.43. The number of hydrogen-bond acceptors (Lipinski definition) is 5. The Kier molecular flexibility index (Phi) is 3.15. The highest BCUT2D eigenvalue weighted by Crippen LogP contribution is 2.14. The molecule has 0 aromatic carbocycles. The van der Waals surface area contributed by atoms with Gasteiger partial charge < -0.3 is 16.2 Å². The van der Waals surface area contributed by atoms with Gasteiger partial charge in [0.25, 0.3) is 5.91 Å². The summed E-state index contributed by atoms with van der Waals surface area (Å²) in [6.07, 6.45) is 2.74. The first kappa shape index (κ1) is 12.6. The van der Waals surface area contributed by atoms with E-state index in [2.05, 4.69) is 15.4 Å². The molecule has 2 heterocycles. The molecule has 0 bridgehead atoms. The van der Waals surface area contributed by atoms with Gasteiger partial charge >= 0.3 is 5.97 Å². The number of nitrogens with zero attached hydrogens (tertiary/aromatic N) is 3. The Morgan fingerprint density at radius 3 is 2.84 bits per heavy atom. The second-order valence-corrected chi connectivity index (χ2v) is 3.66. The lowest BCUT2D eigenvalue weighted by Gasteiger charge is -2.04. The highest BCUT2D eigenvalue weighted by atomic mass is 16.4. The first-order valence-electron chi connectivity index (χ1n) is 5.30. The molecular weight excluding hydrogens is 250 g/mol. The van der Waals surface area contributed by atoms with E-state index >= 15 is 0 Å². The quantitative estimate of drug-likeness (QED) is 0.709. The molecule has 2 aromatic heterocycles. The van der Waals surface area contributed by atoms with Crippen molar-refractivity contribution in [2.45, 2.75) is 0 Å². The zero-order chi connectivity index (χ0) is 14.0. The van der Waals surface area contributed by atoms with E-state index in [1.165, 1.54) is 36.3 Å². The molecular formula is C11H11N5O3. The van der Waals surface area contributed by atoms with Gasteiger partial charge in [0.05, 0.1) is 17.4 Å². The fourth-order valence-electron chi connectivity index (χ4n) is 1.47. The number of carbonyl (C=O) groups excluding carboxylic acids is 1. The van der Waals surface area contributed by atoms with E-state index in [0.29, 0.717) is 0 Å². The number of carbonyl (C=O) groups is 2. The summed E-state index contributed by atoms with van der Waals surface area (Å²) in [5.74, 6) is -1.23. The number of carboxylic acids is 1. The summed E-state index contributed by atoms with van der Waals surface area (Å²) in [6.45, 7) is 0. The van der Waals surface area contributed by atoms with E-state index in [9.17, 15) is 9.59 Å². The first-order valence-corrected chi connectivity index (χ1v) is 5.30. The van der Waals surface area contributed by atoms with E-state index in [1.807, 2.05) is 0 Å². The lowest BCUT2D eigenvalue weighted by molar-refractivity contribution is 0.0697. The fourth-order valence-corrected chi connectivity index (χ4v) is 1.47. The summed E-state index contributed by atoms with van der Waals surface area (Å²) in [4.78, 5) is 26.3. The molecule has 0 fully saturated rings. The molecule has 0 atom stereocenters. The third-order valence-corrected chi connectivity index (χ3v) is 2.43. The predicted molar refractivity (Wildman–Crippen MR) is 66.1 cm³/mol. The van der Waals surface area contributed by atoms with E-state index in [0.717, 1.165) is 0 Å². The monoisotopic (exact) mass is 261 g/mol. The molecule has 19 heavy (non-hydrogen) atoms. The van der Waals surface area contributed by atoms with Gasteiger partial charge in [-0.05, 0) is 12.1 Å². The summed E-state index contributed by atoms with van der Waals surface area (Å²) in [7, 11) is 1.49. The molecule has 0 saturated carbocycles. The number of carboxylic acid groups (broad SMARTS) is 1. The van der Waals surface area contributed by atoms with Crippen LogP contribution >= 0.6 is 0 Å². The molecule has 0 unspecified atom stereocenters. The number of amides is 1. The van der Waals surface area contributed by atoms with E-state index < -0.39 is 5.97 Å². The number of nitrogens with two attached hydrogens (primary N) is 1. The summed E-state index contributed by atoms with van der Waals surface area (Å²) in [5, 5.41) is 15.4. The van der Waals surface area contributed by atoms with Crippen LogP contribution in [0.1, 0.15) is 20.8 Å². The van der Waals surface area contributed by atoms with Gasteiger partial charge in [-0.15, -0.1) is 0 Å². The second kappa shape index (κ2) is 4.77. The highest BCUT2D eigenvalue weighted by Gasteiger charge is 2.13. The zero-order valence-electron chi connectivity index (χ0n) is 9.99. The lowest BCUT2D eigenvalue weighted by atomic mass is 10.2. The summed E-state index contributed by atoms with van der Waals surface area (Å²) < 4.78 is 1.30. The van der Waals surface area contributed by atoms with Crippen molar-refractivity contribution < 1.29 is 14.7 Å². The molecule has 8 nitrogen and oxygen atoms in total. The molecule has 0 spiro atoms. The Labute approximate surface area is 107 Å². The average molecular weight is 261 g/mol. The van der Waals surface area contributed by atoms with Crippen LogP contribution in [0.3, 0.4) is 0 Å². The predicted octanol–water partition coefficient (Wildman–Crippen LogP) is -0.0927. The molecule has 0 aliphatic rings. The SMILES string of the molecule is CNC(=O)c1ccn(-c2cc(C(=O)O)c(N)cn2)n1. The Morgan fingerprint density at radius 1 is 1.47 bits per heavy atom. The van der Waals surface area contributed by atoms with Gasteiger partial charge in [0.1, 0.15) is 0 Å². The Balaban J connectivity index is 2.42. The van der Waals surface area contributed by atoms with Gasteiger partial charge in [-0.25, -0.2) is 14.5 Å². The first-order chi connectivity index (χ1) is 9.02. The number of anilines is 1. The number of hydrogen-bond donors (Lipinski definition) is 3. The minimum atomic E-state index is -1.15. The van der Waals surface area contributed by atoms with Crippen molar-refractivity contribution in [1.29, 1.82) is 0 Å². The van der Waals surface area contributed by atoms with Gasteiger partial charge in [-0.2, -0.15) is 5.10 Å². The number of pyridine rings is 1. The van der Waals surface area contributed by atoms with E-state index in [4.69, 9.17) is 10.8 Å². The van der Waals surface area contributed by atoms with Crippen LogP contribution in [-0.4, -0.2) is 38.8 Å². The maximum atomic E-state index is 11.4. The van der Waals surface area contributed by atoms with Crippen molar-refractivity contribution in [3.05, 3.63) is 35.8 Å². The second-order valence-electron chi connectivity index (χ2n) is 3.66. The molecule has 8 heteroatoms. The van der Waals surface area contributed by atoms with Crippen molar-refractivity contribution in [2.24, 2.45) is 0 Å². The van der Waals surface area contributed by atoms with Crippen LogP contribution in [0.25, 0.3) is 5.82 Å².